The number of hydrogen-bond donors (Lipinski definition) is 0. The highest BCUT2D eigenvalue weighted by molar-refractivity contribution is 6.42. The smallest absolute Gasteiger partial charge is 0.411 e. The zero-order valence-corrected chi connectivity index (χ0v) is 7.51. The normalized spacial score (nSPS) is 20.7. The first-order valence-electron chi connectivity index (χ1n) is 4.56. The topological polar surface area (TPSA) is 18.5 Å². The van der Waals surface area contributed by atoms with Crippen LogP contribution >= 0.6 is 0 Å². The Morgan fingerprint density at radius 2 is 2.00 bits per heavy atom. The van der Waals surface area contributed by atoms with Crippen LogP contribution in [0.3, 0.4) is 0 Å². The van der Waals surface area contributed by atoms with Crippen molar-refractivity contribution in [3.63, 3.8) is 0 Å². The molecule has 0 amide bonds. The van der Waals surface area contributed by atoms with E-state index in [0.29, 0.717) is 5.92 Å². The molecular formula is C8H17BO2. The van der Waals surface area contributed by atoms with Crippen molar-refractivity contribution in [3.8, 4) is 0 Å². The average molecular weight is 156 g/mol. The Kier molecular flexibility index (Phi) is 3.94. The van der Waals surface area contributed by atoms with Crippen LogP contribution in [0.4, 0.5) is 0 Å². The molecule has 0 aromatic carbocycles. The van der Waals surface area contributed by atoms with Gasteiger partial charge in [-0.3, -0.25) is 0 Å². The van der Waals surface area contributed by atoms with Crippen LogP contribution in [0.2, 0.25) is 6.82 Å². The Balaban J connectivity index is 2.07. The van der Waals surface area contributed by atoms with E-state index in [9.17, 15) is 0 Å². The van der Waals surface area contributed by atoms with Crippen LogP contribution in [0.15, 0.2) is 0 Å². The maximum Gasteiger partial charge on any atom is 0.453 e. The third-order valence-electron chi connectivity index (χ3n) is 2.10. The lowest BCUT2D eigenvalue weighted by molar-refractivity contribution is 0.0775. The van der Waals surface area contributed by atoms with E-state index < -0.39 is 0 Å². The molecule has 2 nitrogen and oxygen atoms in total. The molecule has 1 heterocycles. The van der Waals surface area contributed by atoms with Gasteiger partial charge >= 0.3 is 7.12 Å². The minimum Gasteiger partial charge on any atom is -0.411 e. The van der Waals surface area contributed by atoms with E-state index in [1.165, 1.54) is 19.3 Å². The molecule has 0 aromatic heterocycles. The van der Waals surface area contributed by atoms with Crippen LogP contribution in [-0.2, 0) is 9.31 Å². The lowest BCUT2D eigenvalue weighted by atomic mass is 9.91. The van der Waals surface area contributed by atoms with Crippen LogP contribution in [0.5, 0.6) is 0 Å². The summed E-state index contributed by atoms with van der Waals surface area (Å²) in [5.74, 6) is 0.645. The Morgan fingerprint density at radius 3 is 2.55 bits per heavy atom. The van der Waals surface area contributed by atoms with Crippen LogP contribution in [-0.4, -0.2) is 20.3 Å². The van der Waals surface area contributed by atoms with Crippen molar-refractivity contribution in [1.82, 2.24) is 0 Å². The van der Waals surface area contributed by atoms with Gasteiger partial charge in [0.25, 0.3) is 0 Å². The van der Waals surface area contributed by atoms with Crippen molar-refractivity contribution < 1.29 is 9.31 Å². The Morgan fingerprint density at radius 1 is 1.36 bits per heavy atom. The molecule has 0 atom stereocenters. The monoisotopic (exact) mass is 156 g/mol. The van der Waals surface area contributed by atoms with Crippen LogP contribution < -0.4 is 0 Å². The van der Waals surface area contributed by atoms with Gasteiger partial charge in [-0.2, -0.15) is 0 Å². The molecule has 0 unspecified atom stereocenters. The van der Waals surface area contributed by atoms with Gasteiger partial charge in [0.1, 0.15) is 0 Å². The molecule has 11 heavy (non-hydrogen) atoms. The predicted octanol–water partition coefficient (Wildman–Crippen LogP) is 1.96. The zero-order chi connectivity index (χ0) is 8.10. The molecule has 64 valence electrons. The van der Waals surface area contributed by atoms with Crippen LogP contribution in [0, 0.1) is 5.92 Å². The van der Waals surface area contributed by atoms with Gasteiger partial charge in [-0.1, -0.05) is 19.8 Å². The van der Waals surface area contributed by atoms with E-state index in [-0.39, 0.29) is 7.12 Å². The molecule has 0 bridgehead atoms. The maximum absolute atomic E-state index is 5.37. The second kappa shape index (κ2) is 4.78. The SMILES string of the molecule is CCCCC1COB(C)OC1. The third-order valence-corrected chi connectivity index (χ3v) is 2.10. The molecule has 0 radical (unpaired) electrons. The molecule has 1 saturated heterocycles. The van der Waals surface area contributed by atoms with E-state index in [0.717, 1.165) is 13.2 Å². The number of rotatable bonds is 3. The standard InChI is InChI=1S/C8H17BO2/c1-3-4-5-8-6-10-9(2)11-7-8/h8H,3-7H2,1-2H3. The lowest BCUT2D eigenvalue weighted by Crippen LogP contribution is -2.33. The number of hydrogen-bond acceptors (Lipinski definition) is 2. The first-order chi connectivity index (χ1) is 5.33. The van der Waals surface area contributed by atoms with Gasteiger partial charge in [-0.25, -0.2) is 0 Å². The summed E-state index contributed by atoms with van der Waals surface area (Å²) in [6.07, 6.45) is 3.82. The summed E-state index contributed by atoms with van der Waals surface area (Å²) >= 11 is 0. The molecule has 1 fully saturated rings. The van der Waals surface area contributed by atoms with E-state index in [4.69, 9.17) is 9.31 Å². The van der Waals surface area contributed by atoms with Gasteiger partial charge in [-0.05, 0) is 13.2 Å². The van der Waals surface area contributed by atoms with Gasteiger partial charge in [-0.15, -0.1) is 0 Å². The van der Waals surface area contributed by atoms with Gasteiger partial charge < -0.3 is 9.31 Å². The lowest BCUT2D eigenvalue weighted by Gasteiger charge is -2.25. The highest BCUT2D eigenvalue weighted by Crippen LogP contribution is 2.14. The Hall–Kier alpha value is -0.0151. The number of unbranched alkanes of at least 4 members (excludes halogenated alkanes) is 1. The van der Waals surface area contributed by atoms with E-state index >= 15 is 0 Å². The molecular weight excluding hydrogens is 139 g/mol. The van der Waals surface area contributed by atoms with Crippen molar-refractivity contribution in [3.05, 3.63) is 0 Å². The van der Waals surface area contributed by atoms with E-state index in [1.807, 2.05) is 6.82 Å². The first-order valence-corrected chi connectivity index (χ1v) is 4.56. The fourth-order valence-corrected chi connectivity index (χ4v) is 1.30. The fourth-order valence-electron chi connectivity index (χ4n) is 1.30. The molecule has 1 aliphatic rings. The fraction of sp³-hybridized carbons (Fsp3) is 1.00. The van der Waals surface area contributed by atoms with Gasteiger partial charge in [0.2, 0.25) is 0 Å². The second-order valence-electron chi connectivity index (χ2n) is 3.24. The molecule has 0 saturated carbocycles. The molecule has 0 spiro atoms. The van der Waals surface area contributed by atoms with Crippen molar-refractivity contribution >= 4 is 7.12 Å². The van der Waals surface area contributed by atoms with Crippen molar-refractivity contribution in [2.24, 2.45) is 5.92 Å². The van der Waals surface area contributed by atoms with E-state index in [1.54, 1.807) is 0 Å². The Labute approximate surface area is 69.4 Å². The van der Waals surface area contributed by atoms with Crippen LogP contribution in [0.1, 0.15) is 26.2 Å². The summed E-state index contributed by atoms with van der Waals surface area (Å²) in [6, 6.07) is 0. The third kappa shape index (κ3) is 3.26. The molecule has 0 N–H and O–H groups in total. The second-order valence-corrected chi connectivity index (χ2v) is 3.24. The minimum absolute atomic E-state index is 0.0212. The molecule has 3 heteroatoms. The van der Waals surface area contributed by atoms with Gasteiger partial charge in [0.05, 0.1) is 0 Å². The van der Waals surface area contributed by atoms with Gasteiger partial charge in [0, 0.05) is 19.1 Å². The minimum atomic E-state index is 0.0212. The van der Waals surface area contributed by atoms with Crippen molar-refractivity contribution in [1.29, 1.82) is 0 Å². The quantitative estimate of drug-likeness (QED) is 0.581. The molecule has 0 aliphatic carbocycles. The zero-order valence-electron chi connectivity index (χ0n) is 7.51. The molecule has 1 rings (SSSR count). The predicted molar refractivity (Wildman–Crippen MR) is 46.5 cm³/mol. The summed E-state index contributed by atoms with van der Waals surface area (Å²) in [6.45, 7) is 5.95. The average Bonchev–Trinajstić information content (AvgIpc) is 2.04. The van der Waals surface area contributed by atoms with Crippen LogP contribution in [0.25, 0.3) is 0 Å². The Bertz CT molecular complexity index is 97.5. The molecule has 1 aliphatic heterocycles. The summed E-state index contributed by atoms with van der Waals surface area (Å²) in [7, 11) is 0.0212. The van der Waals surface area contributed by atoms with Crippen molar-refractivity contribution in [2.75, 3.05) is 13.2 Å². The summed E-state index contributed by atoms with van der Waals surface area (Å²) < 4.78 is 10.7. The highest BCUT2D eigenvalue weighted by Gasteiger charge is 2.21. The summed E-state index contributed by atoms with van der Waals surface area (Å²) in [4.78, 5) is 0. The van der Waals surface area contributed by atoms with Crippen molar-refractivity contribution in [2.45, 2.75) is 33.0 Å². The summed E-state index contributed by atoms with van der Waals surface area (Å²) in [5, 5.41) is 0. The first kappa shape index (κ1) is 9.08. The largest absolute Gasteiger partial charge is 0.453 e. The maximum atomic E-state index is 5.37. The summed E-state index contributed by atoms with van der Waals surface area (Å²) in [5.41, 5.74) is 0. The van der Waals surface area contributed by atoms with E-state index in [2.05, 4.69) is 6.92 Å². The highest BCUT2D eigenvalue weighted by atomic mass is 16.6. The molecule has 0 aromatic rings. The van der Waals surface area contributed by atoms with Gasteiger partial charge in [0.15, 0.2) is 0 Å².